The van der Waals surface area contributed by atoms with Gasteiger partial charge in [-0.25, -0.2) is 0 Å². The van der Waals surface area contributed by atoms with E-state index in [1.807, 2.05) is 43.8 Å². The summed E-state index contributed by atoms with van der Waals surface area (Å²) >= 11 is 0. The molecule has 0 spiro atoms. The van der Waals surface area contributed by atoms with Gasteiger partial charge in [0.15, 0.2) is 5.96 Å². The minimum absolute atomic E-state index is 0.0679. The number of guanidine groups is 1. The van der Waals surface area contributed by atoms with Crippen LogP contribution in [-0.4, -0.2) is 40.8 Å². The Kier molecular flexibility index (Phi) is 6.77. The molecule has 1 amide bonds. The number of nitrogens with zero attached hydrogens (tertiary/aromatic N) is 3. The molecule has 2 rings (SSSR count). The number of carbonyl (C=O) groups excluding carboxylic acids is 1. The van der Waals surface area contributed by atoms with E-state index in [9.17, 15) is 4.79 Å². The lowest BCUT2D eigenvalue weighted by molar-refractivity contribution is -0.121. The highest BCUT2D eigenvalue weighted by Gasteiger charge is 2.13. The van der Waals surface area contributed by atoms with Crippen molar-refractivity contribution >= 4 is 11.9 Å². The van der Waals surface area contributed by atoms with Crippen molar-refractivity contribution in [2.75, 3.05) is 13.6 Å². The van der Waals surface area contributed by atoms with Crippen LogP contribution in [0.3, 0.4) is 0 Å². The number of hydrogen-bond acceptors (Lipinski definition) is 3. The van der Waals surface area contributed by atoms with Gasteiger partial charge in [0.2, 0.25) is 5.91 Å². The first-order chi connectivity index (χ1) is 12.4. The molecule has 0 bridgehead atoms. The lowest BCUT2D eigenvalue weighted by atomic mass is 10.1. The predicted molar refractivity (Wildman–Crippen MR) is 104 cm³/mol. The Balaban J connectivity index is 1.83. The van der Waals surface area contributed by atoms with Gasteiger partial charge >= 0.3 is 0 Å². The Morgan fingerprint density at radius 3 is 2.62 bits per heavy atom. The second-order valence-electron chi connectivity index (χ2n) is 7.10. The number of aliphatic imine (C=N–C) groups is 1. The third-order valence-electron chi connectivity index (χ3n) is 3.51. The SMILES string of the molecule is CN=C(NCC(=O)NC(C)(C)C)NCc1cccc(Cn2cccn2)c1. The molecule has 140 valence electrons. The van der Waals surface area contributed by atoms with Crippen molar-refractivity contribution in [2.45, 2.75) is 39.4 Å². The highest BCUT2D eigenvalue weighted by atomic mass is 16.2. The van der Waals surface area contributed by atoms with Crippen molar-refractivity contribution in [2.24, 2.45) is 4.99 Å². The van der Waals surface area contributed by atoms with Gasteiger partial charge in [-0.2, -0.15) is 5.10 Å². The third-order valence-corrected chi connectivity index (χ3v) is 3.51. The zero-order chi connectivity index (χ0) is 19.0. The van der Waals surface area contributed by atoms with Crippen LogP contribution in [0, 0.1) is 0 Å². The molecule has 26 heavy (non-hydrogen) atoms. The molecule has 0 aliphatic carbocycles. The Bertz CT molecular complexity index is 731. The van der Waals surface area contributed by atoms with Crippen LogP contribution in [0.15, 0.2) is 47.7 Å². The molecule has 0 aliphatic rings. The first-order valence-electron chi connectivity index (χ1n) is 8.66. The van der Waals surface area contributed by atoms with E-state index < -0.39 is 0 Å². The van der Waals surface area contributed by atoms with Crippen molar-refractivity contribution in [1.82, 2.24) is 25.7 Å². The standard InChI is InChI=1S/C19H28N6O/c1-19(2,3)24-17(26)13-22-18(20-4)21-12-15-7-5-8-16(11-15)14-25-10-6-9-23-25/h5-11H,12-14H2,1-4H3,(H,24,26)(H2,20,21,22). The zero-order valence-electron chi connectivity index (χ0n) is 15.9. The van der Waals surface area contributed by atoms with E-state index in [4.69, 9.17) is 0 Å². The summed E-state index contributed by atoms with van der Waals surface area (Å²) < 4.78 is 1.89. The van der Waals surface area contributed by atoms with Crippen LogP contribution >= 0.6 is 0 Å². The molecule has 2 aromatic rings. The minimum Gasteiger partial charge on any atom is -0.352 e. The fourth-order valence-corrected chi connectivity index (χ4v) is 2.45. The quantitative estimate of drug-likeness (QED) is 0.541. The second-order valence-corrected chi connectivity index (χ2v) is 7.10. The molecule has 3 N–H and O–H groups in total. The number of amides is 1. The molecule has 0 saturated heterocycles. The number of benzene rings is 1. The van der Waals surface area contributed by atoms with E-state index in [-0.39, 0.29) is 18.0 Å². The first kappa shape index (κ1) is 19.5. The monoisotopic (exact) mass is 356 g/mol. The van der Waals surface area contributed by atoms with Crippen molar-refractivity contribution < 1.29 is 4.79 Å². The lowest BCUT2D eigenvalue weighted by Gasteiger charge is -2.21. The highest BCUT2D eigenvalue weighted by Crippen LogP contribution is 2.07. The Labute approximate surface area is 154 Å². The van der Waals surface area contributed by atoms with Gasteiger partial charge in [0.25, 0.3) is 0 Å². The van der Waals surface area contributed by atoms with Gasteiger partial charge in [-0.05, 0) is 38.0 Å². The zero-order valence-corrected chi connectivity index (χ0v) is 15.9. The fraction of sp³-hybridized carbons (Fsp3) is 0.421. The van der Waals surface area contributed by atoms with Crippen molar-refractivity contribution in [3.05, 3.63) is 53.9 Å². The van der Waals surface area contributed by atoms with Crippen LogP contribution in [-0.2, 0) is 17.9 Å². The summed E-state index contributed by atoms with van der Waals surface area (Å²) in [7, 11) is 1.69. The molecule has 0 saturated carbocycles. The number of carbonyl (C=O) groups is 1. The molecule has 0 fully saturated rings. The second kappa shape index (κ2) is 9.03. The number of aromatic nitrogens is 2. The van der Waals surface area contributed by atoms with Gasteiger partial charge in [-0.1, -0.05) is 24.3 Å². The fourth-order valence-electron chi connectivity index (χ4n) is 2.45. The summed E-state index contributed by atoms with van der Waals surface area (Å²) in [5, 5.41) is 13.4. The summed E-state index contributed by atoms with van der Waals surface area (Å²) in [5.41, 5.74) is 2.07. The molecule has 1 aromatic carbocycles. The number of nitrogens with one attached hydrogen (secondary N) is 3. The molecule has 1 heterocycles. The highest BCUT2D eigenvalue weighted by molar-refractivity contribution is 5.86. The largest absolute Gasteiger partial charge is 0.352 e. The van der Waals surface area contributed by atoms with Crippen LogP contribution in [0.4, 0.5) is 0 Å². The summed E-state index contributed by atoms with van der Waals surface area (Å²) in [4.78, 5) is 16.0. The van der Waals surface area contributed by atoms with Gasteiger partial charge in [0.1, 0.15) is 0 Å². The predicted octanol–water partition coefficient (Wildman–Crippen LogP) is 1.51. The van der Waals surface area contributed by atoms with Crippen LogP contribution in [0.2, 0.25) is 0 Å². The average Bonchev–Trinajstić information content (AvgIpc) is 3.07. The van der Waals surface area contributed by atoms with E-state index in [0.29, 0.717) is 12.5 Å². The number of rotatable bonds is 6. The molecular formula is C19H28N6O. The summed E-state index contributed by atoms with van der Waals surface area (Å²) in [6.07, 6.45) is 3.72. The molecule has 7 nitrogen and oxygen atoms in total. The van der Waals surface area contributed by atoms with E-state index in [2.05, 4.69) is 44.2 Å². The van der Waals surface area contributed by atoms with Gasteiger partial charge in [0, 0.05) is 31.5 Å². The van der Waals surface area contributed by atoms with E-state index in [0.717, 1.165) is 12.1 Å². The normalized spacial score (nSPS) is 11.9. The van der Waals surface area contributed by atoms with Gasteiger partial charge in [-0.15, -0.1) is 0 Å². The first-order valence-corrected chi connectivity index (χ1v) is 8.66. The lowest BCUT2D eigenvalue weighted by Crippen LogP contribution is -2.48. The van der Waals surface area contributed by atoms with Crippen LogP contribution in [0.5, 0.6) is 0 Å². The Morgan fingerprint density at radius 1 is 1.19 bits per heavy atom. The summed E-state index contributed by atoms with van der Waals surface area (Å²) in [6, 6.07) is 10.2. The molecule has 0 radical (unpaired) electrons. The van der Waals surface area contributed by atoms with Crippen molar-refractivity contribution in [3.63, 3.8) is 0 Å². The van der Waals surface area contributed by atoms with Crippen molar-refractivity contribution in [3.8, 4) is 0 Å². The van der Waals surface area contributed by atoms with E-state index in [1.165, 1.54) is 5.56 Å². The van der Waals surface area contributed by atoms with Gasteiger partial charge in [0.05, 0.1) is 13.1 Å². The van der Waals surface area contributed by atoms with Crippen LogP contribution in [0.1, 0.15) is 31.9 Å². The molecular weight excluding hydrogens is 328 g/mol. The van der Waals surface area contributed by atoms with Gasteiger partial charge in [-0.3, -0.25) is 14.5 Å². The summed E-state index contributed by atoms with van der Waals surface area (Å²) in [6.45, 7) is 7.39. The number of hydrogen-bond donors (Lipinski definition) is 3. The Hall–Kier alpha value is -2.83. The van der Waals surface area contributed by atoms with Crippen LogP contribution < -0.4 is 16.0 Å². The molecule has 7 heteroatoms. The maximum atomic E-state index is 11.9. The topological polar surface area (TPSA) is 83.3 Å². The molecule has 0 aliphatic heterocycles. The molecule has 0 unspecified atom stereocenters. The smallest absolute Gasteiger partial charge is 0.239 e. The van der Waals surface area contributed by atoms with Gasteiger partial charge < -0.3 is 16.0 Å². The maximum Gasteiger partial charge on any atom is 0.239 e. The van der Waals surface area contributed by atoms with E-state index >= 15 is 0 Å². The minimum atomic E-state index is -0.245. The molecule has 0 atom stereocenters. The average molecular weight is 356 g/mol. The van der Waals surface area contributed by atoms with Crippen LogP contribution in [0.25, 0.3) is 0 Å². The summed E-state index contributed by atoms with van der Waals surface area (Å²) in [5.74, 6) is 0.521. The Morgan fingerprint density at radius 2 is 1.96 bits per heavy atom. The third kappa shape index (κ3) is 6.96. The van der Waals surface area contributed by atoms with E-state index in [1.54, 1.807) is 13.2 Å². The molecule has 1 aromatic heterocycles. The maximum absolute atomic E-state index is 11.9. The van der Waals surface area contributed by atoms with Crippen molar-refractivity contribution in [1.29, 1.82) is 0 Å².